The molecule has 1 N–H and O–H groups in total. The molecule has 1 saturated heterocycles. The number of nitrogens with zero attached hydrogens (tertiary/aromatic N) is 4. The van der Waals surface area contributed by atoms with Crippen molar-refractivity contribution < 1.29 is 0 Å². The Morgan fingerprint density at radius 1 is 1.29 bits per heavy atom. The molecule has 3 rings (SSSR count). The van der Waals surface area contributed by atoms with Crippen molar-refractivity contribution in [2.45, 2.75) is 32.9 Å². The molecule has 2 aromatic rings. The van der Waals surface area contributed by atoms with Crippen LogP contribution in [-0.4, -0.2) is 40.8 Å². The van der Waals surface area contributed by atoms with Gasteiger partial charge in [0.05, 0.1) is 12.7 Å². The maximum Gasteiger partial charge on any atom is 0.193 e. The van der Waals surface area contributed by atoms with Crippen molar-refractivity contribution in [1.29, 1.82) is 0 Å². The third-order valence-electron chi connectivity index (χ3n) is 4.49. The average molecular weight is 325 g/mol. The molecule has 1 aliphatic rings. The number of aliphatic imine (C=N–C) groups is 1. The topological polar surface area (TPSA) is 45.5 Å². The molecule has 0 radical (unpaired) electrons. The second-order valence-corrected chi connectivity index (χ2v) is 6.63. The number of rotatable bonds is 4. The molecule has 0 spiro atoms. The quantitative estimate of drug-likeness (QED) is 0.694. The average Bonchev–Trinajstić information content (AvgIpc) is 3.04. The Hall–Kier alpha value is -2.30. The number of nitrogens with one attached hydrogen (secondary N) is 1. The largest absolute Gasteiger partial charge is 0.352 e. The van der Waals surface area contributed by atoms with Gasteiger partial charge in [-0.05, 0) is 24.3 Å². The molecule has 1 aromatic heterocycles. The van der Waals surface area contributed by atoms with E-state index in [1.165, 1.54) is 24.0 Å². The van der Waals surface area contributed by atoms with Crippen LogP contribution in [0.15, 0.2) is 47.7 Å². The summed E-state index contributed by atoms with van der Waals surface area (Å²) >= 11 is 0. The van der Waals surface area contributed by atoms with Gasteiger partial charge >= 0.3 is 0 Å². The Kier molecular flexibility index (Phi) is 5.51. The van der Waals surface area contributed by atoms with E-state index in [0.717, 1.165) is 38.1 Å². The van der Waals surface area contributed by atoms with Gasteiger partial charge in [-0.25, -0.2) is 0 Å². The van der Waals surface area contributed by atoms with Crippen molar-refractivity contribution in [3.63, 3.8) is 0 Å². The highest BCUT2D eigenvalue weighted by Gasteiger charge is 2.19. The number of aromatic nitrogens is 2. The molecule has 24 heavy (non-hydrogen) atoms. The summed E-state index contributed by atoms with van der Waals surface area (Å²) in [7, 11) is 1.86. The van der Waals surface area contributed by atoms with Crippen LogP contribution in [0.4, 0.5) is 0 Å². The minimum atomic E-state index is 0.742. The van der Waals surface area contributed by atoms with Gasteiger partial charge in [-0.1, -0.05) is 37.3 Å². The number of guanidine groups is 1. The molecule has 1 aromatic carbocycles. The predicted molar refractivity (Wildman–Crippen MR) is 97.9 cm³/mol. The lowest BCUT2D eigenvalue weighted by molar-refractivity contribution is 0.266. The highest BCUT2D eigenvalue weighted by molar-refractivity contribution is 5.79. The van der Waals surface area contributed by atoms with Crippen LogP contribution in [0.3, 0.4) is 0 Å². The number of hydrogen-bond donors (Lipinski definition) is 1. The first kappa shape index (κ1) is 16.6. The minimum Gasteiger partial charge on any atom is -0.352 e. The summed E-state index contributed by atoms with van der Waals surface area (Å²) in [5, 5.41) is 7.94. The molecule has 0 amide bonds. The van der Waals surface area contributed by atoms with Gasteiger partial charge in [0, 0.05) is 38.4 Å². The molecule has 1 aliphatic heterocycles. The monoisotopic (exact) mass is 325 g/mol. The molecule has 0 bridgehead atoms. The summed E-state index contributed by atoms with van der Waals surface area (Å²) in [5.41, 5.74) is 2.44. The standard InChI is InChI=1S/C19H27N5/c1-16-7-6-10-23(13-16)19(20-2)21-11-18-12-22-24(15-18)14-17-8-4-3-5-9-17/h3-5,8-9,12,15-16H,6-7,10-11,13-14H2,1-2H3,(H,20,21). The summed E-state index contributed by atoms with van der Waals surface area (Å²) in [5.74, 6) is 1.74. The lowest BCUT2D eigenvalue weighted by Crippen LogP contribution is -2.45. The molecule has 1 fully saturated rings. The molecular formula is C19H27N5. The van der Waals surface area contributed by atoms with E-state index < -0.39 is 0 Å². The van der Waals surface area contributed by atoms with Gasteiger partial charge in [-0.2, -0.15) is 5.10 Å². The molecular weight excluding hydrogens is 298 g/mol. The first-order valence-electron chi connectivity index (χ1n) is 8.75. The van der Waals surface area contributed by atoms with Gasteiger partial charge < -0.3 is 10.2 Å². The van der Waals surface area contributed by atoms with E-state index in [1.54, 1.807) is 0 Å². The van der Waals surface area contributed by atoms with E-state index in [4.69, 9.17) is 0 Å². The second-order valence-electron chi connectivity index (χ2n) is 6.63. The van der Waals surface area contributed by atoms with E-state index in [1.807, 2.05) is 24.0 Å². The third kappa shape index (κ3) is 4.37. The molecule has 0 aliphatic carbocycles. The second kappa shape index (κ2) is 7.99. The maximum absolute atomic E-state index is 4.46. The van der Waals surface area contributed by atoms with E-state index in [-0.39, 0.29) is 0 Å². The Morgan fingerprint density at radius 2 is 2.12 bits per heavy atom. The lowest BCUT2D eigenvalue weighted by Gasteiger charge is -2.33. The zero-order chi connectivity index (χ0) is 16.8. The Balaban J connectivity index is 1.54. The van der Waals surface area contributed by atoms with Crippen LogP contribution in [0.25, 0.3) is 0 Å². The fraction of sp³-hybridized carbons (Fsp3) is 0.474. The number of hydrogen-bond acceptors (Lipinski definition) is 2. The van der Waals surface area contributed by atoms with E-state index in [0.29, 0.717) is 0 Å². The first-order valence-corrected chi connectivity index (χ1v) is 8.75. The summed E-state index contributed by atoms with van der Waals surface area (Å²) in [4.78, 5) is 6.80. The fourth-order valence-electron chi connectivity index (χ4n) is 3.25. The van der Waals surface area contributed by atoms with Crippen molar-refractivity contribution >= 4 is 5.96 Å². The molecule has 128 valence electrons. The number of piperidine rings is 1. The highest BCUT2D eigenvalue weighted by atomic mass is 15.3. The van der Waals surface area contributed by atoms with E-state index in [9.17, 15) is 0 Å². The van der Waals surface area contributed by atoms with Crippen molar-refractivity contribution in [2.24, 2.45) is 10.9 Å². The van der Waals surface area contributed by atoms with Crippen molar-refractivity contribution in [2.75, 3.05) is 20.1 Å². The molecule has 2 heterocycles. The van der Waals surface area contributed by atoms with Crippen molar-refractivity contribution in [3.8, 4) is 0 Å². The van der Waals surface area contributed by atoms with Crippen LogP contribution in [0.5, 0.6) is 0 Å². The summed E-state index contributed by atoms with van der Waals surface area (Å²) in [6.07, 6.45) is 6.60. The van der Waals surface area contributed by atoms with Crippen LogP contribution in [0, 0.1) is 5.92 Å². The Labute approximate surface area is 144 Å². The Bertz CT molecular complexity index is 661. The zero-order valence-corrected chi connectivity index (χ0v) is 14.7. The van der Waals surface area contributed by atoms with Gasteiger partial charge in [0.25, 0.3) is 0 Å². The third-order valence-corrected chi connectivity index (χ3v) is 4.49. The normalized spacial score (nSPS) is 18.7. The van der Waals surface area contributed by atoms with Crippen LogP contribution >= 0.6 is 0 Å². The summed E-state index contributed by atoms with van der Waals surface area (Å²) < 4.78 is 1.98. The highest BCUT2D eigenvalue weighted by Crippen LogP contribution is 2.15. The molecule has 1 unspecified atom stereocenters. The van der Waals surface area contributed by atoms with Gasteiger partial charge in [-0.3, -0.25) is 9.67 Å². The van der Waals surface area contributed by atoms with Crippen molar-refractivity contribution in [3.05, 3.63) is 53.9 Å². The van der Waals surface area contributed by atoms with Gasteiger partial charge in [0.15, 0.2) is 5.96 Å². The van der Waals surface area contributed by atoms with Gasteiger partial charge in [0.1, 0.15) is 0 Å². The predicted octanol–water partition coefficient (Wildman–Crippen LogP) is 2.74. The van der Waals surface area contributed by atoms with Crippen LogP contribution in [0.1, 0.15) is 30.9 Å². The molecule has 1 atom stereocenters. The smallest absolute Gasteiger partial charge is 0.193 e. The van der Waals surface area contributed by atoms with E-state index >= 15 is 0 Å². The van der Waals surface area contributed by atoms with Crippen LogP contribution in [-0.2, 0) is 13.1 Å². The van der Waals surface area contributed by atoms with Crippen LogP contribution < -0.4 is 5.32 Å². The number of benzene rings is 1. The molecule has 0 saturated carbocycles. The SMILES string of the molecule is CN=C(NCc1cnn(Cc2ccccc2)c1)N1CCCC(C)C1. The Morgan fingerprint density at radius 3 is 2.88 bits per heavy atom. The minimum absolute atomic E-state index is 0.742. The zero-order valence-electron chi connectivity index (χ0n) is 14.7. The first-order chi connectivity index (χ1) is 11.7. The molecule has 5 heteroatoms. The lowest BCUT2D eigenvalue weighted by atomic mass is 10.0. The maximum atomic E-state index is 4.46. The summed E-state index contributed by atoms with van der Waals surface area (Å²) in [6, 6.07) is 10.4. The number of likely N-dealkylation sites (tertiary alicyclic amines) is 1. The van der Waals surface area contributed by atoms with Crippen LogP contribution in [0.2, 0.25) is 0 Å². The fourth-order valence-corrected chi connectivity index (χ4v) is 3.25. The van der Waals surface area contributed by atoms with Gasteiger partial charge in [-0.15, -0.1) is 0 Å². The summed E-state index contributed by atoms with van der Waals surface area (Å²) in [6.45, 7) is 6.06. The van der Waals surface area contributed by atoms with Gasteiger partial charge in [0.2, 0.25) is 0 Å². The molecule has 5 nitrogen and oxygen atoms in total. The van der Waals surface area contributed by atoms with E-state index in [2.05, 4.69) is 57.7 Å². The van der Waals surface area contributed by atoms with Crippen molar-refractivity contribution in [1.82, 2.24) is 20.0 Å².